The maximum atomic E-state index is 13.2. The van der Waals surface area contributed by atoms with Crippen LogP contribution in [0.1, 0.15) is 17.3 Å². The predicted molar refractivity (Wildman–Crippen MR) is 126 cm³/mol. The lowest BCUT2D eigenvalue weighted by Gasteiger charge is -2.15. The Hall–Kier alpha value is -3.77. The number of aromatic nitrogens is 1. The number of anilines is 1. The first-order valence-corrected chi connectivity index (χ1v) is 10.4. The highest BCUT2D eigenvalue weighted by Crippen LogP contribution is 2.32. The van der Waals surface area contributed by atoms with E-state index in [4.69, 9.17) is 21.1 Å². The Kier molecular flexibility index (Phi) is 6.14. The van der Waals surface area contributed by atoms with Gasteiger partial charge in [-0.1, -0.05) is 29.8 Å². The molecule has 1 heterocycles. The van der Waals surface area contributed by atoms with Gasteiger partial charge in [0.1, 0.15) is 17.1 Å². The number of rotatable bonds is 6. The number of ether oxygens (including phenoxy) is 2. The molecule has 1 N–H and O–H groups in total. The molecule has 0 bridgehead atoms. The third kappa shape index (κ3) is 4.31. The van der Waals surface area contributed by atoms with Gasteiger partial charge < -0.3 is 19.4 Å². The number of halogens is 1. The number of methoxy groups -OCH3 is 1. The van der Waals surface area contributed by atoms with Gasteiger partial charge in [0.15, 0.2) is 5.75 Å². The lowest BCUT2D eigenvalue weighted by molar-refractivity contribution is 0.102. The van der Waals surface area contributed by atoms with E-state index in [1.807, 2.05) is 35.8 Å². The molecule has 0 aliphatic rings. The van der Waals surface area contributed by atoms with E-state index >= 15 is 0 Å². The Balaban J connectivity index is 1.74. The Bertz CT molecular complexity index is 1350. The molecule has 7 heteroatoms. The fourth-order valence-electron chi connectivity index (χ4n) is 3.42. The minimum Gasteiger partial charge on any atom is -0.497 e. The monoisotopic (exact) mass is 448 g/mol. The number of carbonyl (C=O) groups is 1. The first-order valence-electron chi connectivity index (χ1n) is 10.0. The van der Waals surface area contributed by atoms with Crippen molar-refractivity contribution in [3.8, 4) is 17.2 Å². The Morgan fingerprint density at radius 2 is 1.81 bits per heavy atom. The average molecular weight is 449 g/mol. The summed E-state index contributed by atoms with van der Waals surface area (Å²) in [4.78, 5) is 26.3. The van der Waals surface area contributed by atoms with Gasteiger partial charge in [0.25, 0.3) is 5.91 Å². The van der Waals surface area contributed by atoms with Crippen molar-refractivity contribution in [1.29, 1.82) is 0 Å². The maximum Gasteiger partial charge on any atom is 0.261 e. The van der Waals surface area contributed by atoms with E-state index in [0.717, 1.165) is 5.52 Å². The zero-order valence-corrected chi connectivity index (χ0v) is 18.3. The number of pyridine rings is 1. The van der Waals surface area contributed by atoms with Gasteiger partial charge in [0.05, 0.1) is 23.7 Å². The van der Waals surface area contributed by atoms with Crippen LogP contribution >= 0.6 is 11.6 Å². The molecule has 3 aromatic carbocycles. The SMILES string of the molecule is CCn1cc(C(=O)Nc2cc(Cl)ccc2Oc2ccccc2)c(=O)c2cc(OC)ccc21. The lowest BCUT2D eigenvalue weighted by atomic mass is 10.1. The largest absolute Gasteiger partial charge is 0.497 e. The highest BCUT2D eigenvalue weighted by Gasteiger charge is 2.18. The molecule has 0 spiro atoms. The summed E-state index contributed by atoms with van der Waals surface area (Å²) in [5.41, 5.74) is 0.720. The Morgan fingerprint density at radius 3 is 2.53 bits per heavy atom. The quantitative estimate of drug-likeness (QED) is 0.409. The van der Waals surface area contributed by atoms with Crippen LogP contribution < -0.4 is 20.2 Å². The van der Waals surface area contributed by atoms with Gasteiger partial charge in [-0.2, -0.15) is 0 Å². The molecule has 1 amide bonds. The Morgan fingerprint density at radius 1 is 1.03 bits per heavy atom. The van der Waals surface area contributed by atoms with Crippen LogP contribution in [0.15, 0.2) is 77.7 Å². The number of amides is 1. The van der Waals surface area contributed by atoms with E-state index in [9.17, 15) is 9.59 Å². The third-order valence-electron chi connectivity index (χ3n) is 5.03. The predicted octanol–water partition coefficient (Wildman–Crippen LogP) is 5.73. The fourth-order valence-corrected chi connectivity index (χ4v) is 3.59. The number of para-hydroxylation sites is 1. The molecule has 0 atom stereocenters. The summed E-state index contributed by atoms with van der Waals surface area (Å²) in [6.45, 7) is 2.53. The van der Waals surface area contributed by atoms with Gasteiger partial charge in [0.2, 0.25) is 5.43 Å². The summed E-state index contributed by atoms with van der Waals surface area (Å²) in [5.74, 6) is 1.01. The third-order valence-corrected chi connectivity index (χ3v) is 5.27. The highest BCUT2D eigenvalue weighted by molar-refractivity contribution is 6.31. The molecule has 0 unspecified atom stereocenters. The molecule has 0 saturated heterocycles. The summed E-state index contributed by atoms with van der Waals surface area (Å²) in [5, 5.41) is 3.61. The van der Waals surface area contributed by atoms with E-state index in [-0.39, 0.29) is 11.0 Å². The van der Waals surface area contributed by atoms with Gasteiger partial charge >= 0.3 is 0 Å². The molecule has 0 fully saturated rings. The molecule has 0 radical (unpaired) electrons. The van der Waals surface area contributed by atoms with Crippen molar-refractivity contribution in [1.82, 2.24) is 4.57 Å². The summed E-state index contributed by atoms with van der Waals surface area (Å²) in [6.07, 6.45) is 1.56. The van der Waals surface area contributed by atoms with E-state index in [2.05, 4.69) is 5.32 Å². The average Bonchev–Trinajstić information content (AvgIpc) is 2.81. The first kappa shape index (κ1) is 21.5. The number of aryl methyl sites for hydroxylation is 1. The minimum absolute atomic E-state index is 0.0123. The molecular weight excluding hydrogens is 428 g/mol. The van der Waals surface area contributed by atoms with Gasteiger partial charge in [-0.15, -0.1) is 0 Å². The second-order valence-electron chi connectivity index (χ2n) is 7.05. The highest BCUT2D eigenvalue weighted by atomic mass is 35.5. The minimum atomic E-state index is -0.554. The summed E-state index contributed by atoms with van der Waals surface area (Å²) in [7, 11) is 1.53. The number of nitrogens with zero attached hydrogens (tertiary/aromatic N) is 1. The van der Waals surface area contributed by atoms with Crippen LogP contribution in [0.25, 0.3) is 10.9 Å². The van der Waals surface area contributed by atoms with Crippen molar-refractivity contribution in [3.63, 3.8) is 0 Å². The molecule has 4 rings (SSSR count). The number of nitrogens with one attached hydrogen (secondary N) is 1. The molecule has 32 heavy (non-hydrogen) atoms. The van der Waals surface area contributed by atoms with Crippen LogP contribution in [0.4, 0.5) is 5.69 Å². The molecule has 1 aromatic heterocycles. The van der Waals surface area contributed by atoms with Crippen LogP contribution in [0, 0.1) is 0 Å². The Labute approximate surface area is 190 Å². The van der Waals surface area contributed by atoms with Crippen molar-refractivity contribution in [2.45, 2.75) is 13.5 Å². The summed E-state index contributed by atoms with van der Waals surface area (Å²) < 4.78 is 13.0. The smallest absolute Gasteiger partial charge is 0.261 e. The van der Waals surface area contributed by atoms with Gasteiger partial charge in [0, 0.05) is 17.8 Å². The second-order valence-corrected chi connectivity index (χ2v) is 7.49. The number of hydrogen-bond acceptors (Lipinski definition) is 4. The number of fused-ring (bicyclic) bond motifs is 1. The number of carbonyl (C=O) groups excluding carboxylic acids is 1. The van der Waals surface area contributed by atoms with E-state index in [1.54, 1.807) is 48.7 Å². The zero-order chi connectivity index (χ0) is 22.7. The van der Waals surface area contributed by atoms with Gasteiger partial charge in [-0.25, -0.2) is 0 Å². The fraction of sp³-hybridized carbons (Fsp3) is 0.120. The molecule has 0 aliphatic heterocycles. The molecular formula is C25H21ClN2O4. The van der Waals surface area contributed by atoms with E-state index in [0.29, 0.717) is 39.9 Å². The molecule has 162 valence electrons. The van der Waals surface area contributed by atoms with Crippen molar-refractivity contribution in [2.75, 3.05) is 12.4 Å². The second kappa shape index (κ2) is 9.16. The van der Waals surface area contributed by atoms with Crippen LogP contribution in [-0.2, 0) is 6.54 Å². The molecule has 0 saturated carbocycles. The topological polar surface area (TPSA) is 69.6 Å². The lowest BCUT2D eigenvalue weighted by Crippen LogP contribution is -2.24. The summed E-state index contributed by atoms with van der Waals surface area (Å²) in [6, 6.07) is 19.3. The van der Waals surface area contributed by atoms with E-state index in [1.165, 1.54) is 7.11 Å². The zero-order valence-electron chi connectivity index (χ0n) is 17.6. The van der Waals surface area contributed by atoms with Crippen LogP contribution in [-0.4, -0.2) is 17.6 Å². The first-order chi connectivity index (χ1) is 15.5. The summed E-state index contributed by atoms with van der Waals surface area (Å²) >= 11 is 6.15. The number of hydrogen-bond donors (Lipinski definition) is 1. The molecule has 6 nitrogen and oxygen atoms in total. The van der Waals surface area contributed by atoms with Crippen molar-refractivity contribution < 1.29 is 14.3 Å². The normalized spacial score (nSPS) is 10.7. The van der Waals surface area contributed by atoms with Crippen molar-refractivity contribution in [2.24, 2.45) is 0 Å². The number of benzene rings is 3. The van der Waals surface area contributed by atoms with Crippen molar-refractivity contribution >= 4 is 34.1 Å². The standard InChI is InChI=1S/C25H21ClN2O4/c1-3-28-15-20(24(29)19-14-18(31-2)10-11-22(19)28)25(30)27-21-13-16(26)9-12-23(21)32-17-7-5-4-6-8-17/h4-15H,3H2,1-2H3,(H,27,30). The van der Waals surface area contributed by atoms with E-state index < -0.39 is 5.91 Å². The van der Waals surface area contributed by atoms with Crippen LogP contribution in [0.3, 0.4) is 0 Å². The maximum absolute atomic E-state index is 13.2. The van der Waals surface area contributed by atoms with Crippen molar-refractivity contribution in [3.05, 3.63) is 93.7 Å². The van der Waals surface area contributed by atoms with Crippen LogP contribution in [0.5, 0.6) is 17.2 Å². The molecule has 0 aliphatic carbocycles. The van der Waals surface area contributed by atoms with Gasteiger partial charge in [-0.05, 0) is 55.5 Å². The van der Waals surface area contributed by atoms with Gasteiger partial charge in [-0.3, -0.25) is 9.59 Å². The molecule has 4 aromatic rings. The van der Waals surface area contributed by atoms with Crippen LogP contribution in [0.2, 0.25) is 5.02 Å².